The minimum atomic E-state index is -4.48. The van der Waals surface area contributed by atoms with Crippen LogP contribution in [0.5, 0.6) is 0 Å². The summed E-state index contributed by atoms with van der Waals surface area (Å²) in [5.41, 5.74) is 0. The Hall–Kier alpha value is 0.430. The molecule has 0 saturated carbocycles. The van der Waals surface area contributed by atoms with Gasteiger partial charge >= 0.3 is 29.6 Å². The van der Waals surface area contributed by atoms with Crippen LogP contribution in [0.2, 0.25) is 0 Å². The van der Waals surface area contributed by atoms with E-state index in [4.69, 9.17) is 24.4 Å². The van der Waals surface area contributed by atoms with Crippen LogP contribution in [0.15, 0.2) is 0 Å². The molecule has 0 aromatic heterocycles. The predicted octanol–water partition coefficient (Wildman–Crippen LogP) is -5.01. The van der Waals surface area contributed by atoms with E-state index in [0.29, 0.717) is 6.42 Å². The van der Waals surface area contributed by atoms with Crippen molar-refractivity contribution in [2.45, 2.75) is 126 Å². The number of ether oxygens (including phenoxy) is 3. The zero-order chi connectivity index (χ0) is 30.3. The van der Waals surface area contributed by atoms with E-state index >= 15 is 0 Å². The van der Waals surface area contributed by atoms with Crippen molar-refractivity contribution < 1.29 is 102 Å². The fraction of sp³-hybridized carbons (Fsp3) is 1.00. The molecule has 15 nitrogen and oxygen atoms in total. The van der Waals surface area contributed by atoms with Gasteiger partial charge in [0.05, 0.1) is 19.8 Å². The van der Waals surface area contributed by atoms with Crippen molar-refractivity contribution in [1.82, 2.24) is 0 Å². The molecule has 0 radical (unpaired) electrons. The van der Waals surface area contributed by atoms with Crippen molar-refractivity contribution in [3.8, 4) is 0 Å². The second-order valence-electron chi connectivity index (χ2n) is 9.97. The average molecular weight is 631 g/mol. The molecule has 0 spiro atoms. The predicted molar refractivity (Wildman–Crippen MR) is 136 cm³/mol. The Labute approximate surface area is 263 Å². The van der Waals surface area contributed by atoms with Crippen molar-refractivity contribution in [3.63, 3.8) is 0 Å². The maximum atomic E-state index is 10.1. The van der Waals surface area contributed by atoms with Gasteiger partial charge in [-0.2, -0.15) is 0 Å². The fourth-order valence-corrected chi connectivity index (χ4v) is 4.70. The van der Waals surface area contributed by atoms with Gasteiger partial charge in [0.2, 0.25) is 16.2 Å². The van der Waals surface area contributed by atoms with Crippen LogP contribution in [0, 0.1) is 0 Å². The third-order valence-electron chi connectivity index (χ3n) is 6.80. The van der Waals surface area contributed by atoms with Crippen LogP contribution in [-0.4, -0.2) is 135 Å². The van der Waals surface area contributed by atoms with Gasteiger partial charge in [0.25, 0.3) is 0 Å². The van der Waals surface area contributed by atoms with E-state index < -0.39 is 85.0 Å². The van der Waals surface area contributed by atoms with Crippen molar-refractivity contribution in [1.29, 1.82) is 0 Å². The maximum Gasteiger partial charge on any atom is 1.00 e. The number of hydrogen-bond donors (Lipinski definition) is 8. The Morgan fingerprint density at radius 1 is 0.756 bits per heavy atom. The van der Waals surface area contributed by atoms with E-state index in [9.17, 15) is 43.6 Å². The van der Waals surface area contributed by atoms with Crippen molar-refractivity contribution in [2.24, 2.45) is 0 Å². The minimum Gasteiger partial charge on any atom is -0.726 e. The molecule has 17 heteroatoms. The van der Waals surface area contributed by atoms with Crippen molar-refractivity contribution in [3.05, 3.63) is 0 Å². The molecule has 2 aliphatic rings. The van der Waals surface area contributed by atoms with Gasteiger partial charge in [-0.15, -0.1) is 0 Å². The molecule has 9 atom stereocenters. The number of hydrogen-bond acceptors (Lipinski definition) is 15. The second-order valence-corrected chi connectivity index (χ2v) is 11.0. The SMILES string of the molecule is CCCCCCCCCCCCOS(=O)(=O)[O-].OC[C@H]1O[C@@](CO)(O[C@H]2O[C@H](CO)[C@@H](O)[C@H](O)[C@H]2O)[C@@H](O)[C@@H]1O.[Na+]. The normalized spacial score (nSPS) is 33.6. The molecule has 0 amide bonds. The molecule has 0 aliphatic carbocycles. The van der Waals surface area contributed by atoms with Gasteiger partial charge in [-0.25, -0.2) is 8.42 Å². The zero-order valence-corrected chi connectivity index (χ0v) is 26.7. The van der Waals surface area contributed by atoms with E-state index in [-0.39, 0.29) is 36.2 Å². The number of aliphatic hydroxyl groups excluding tert-OH is 8. The summed E-state index contributed by atoms with van der Waals surface area (Å²) in [6.45, 7) is -0.0799. The van der Waals surface area contributed by atoms with Crippen molar-refractivity contribution in [2.75, 3.05) is 26.4 Å². The van der Waals surface area contributed by atoms with E-state index in [0.717, 1.165) is 12.8 Å². The van der Waals surface area contributed by atoms with Crippen LogP contribution in [0.4, 0.5) is 0 Å². The summed E-state index contributed by atoms with van der Waals surface area (Å²) < 4.78 is 49.9. The van der Waals surface area contributed by atoms with Gasteiger partial charge in [0.1, 0.15) is 49.3 Å². The number of unbranched alkanes of at least 4 members (excludes halogenated alkanes) is 9. The molecule has 2 fully saturated rings. The summed E-state index contributed by atoms with van der Waals surface area (Å²) in [6, 6.07) is 0. The standard InChI is InChI=1S/C12H22O11.C12H26O4S.Na/c13-1-4-6(16)8(18)9(19)11(21-4)23-12(3-15)10(20)7(17)5(2-14)22-12;1-2-3-4-5-6-7-8-9-10-11-12-16-17(13,14)15;/h4-11,13-20H,1-3H2;2-12H2,1H3,(H,13,14,15);/q;;+1/p-1/t4-,5-,6-,7-,8+,9-,10+,11-,12+;;/m1../s1. The molecule has 8 N–H and O–H groups in total. The van der Waals surface area contributed by atoms with E-state index in [2.05, 4.69) is 11.1 Å². The molecule has 2 rings (SSSR count). The van der Waals surface area contributed by atoms with Gasteiger partial charge < -0.3 is 59.6 Å². The van der Waals surface area contributed by atoms with E-state index in [1.54, 1.807) is 0 Å². The summed E-state index contributed by atoms with van der Waals surface area (Å²) in [6.07, 6.45) is -0.953. The van der Waals surface area contributed by atoms with Crippen LogP contribution in [0.3, 0.4) is 0 Å². The Bertz CT molecular complexity index is 776. The first-order chi connectivity index (χ1) is 18.9. The Kier molecular flexibility index (Phi) is 21.4. The molecule has 2 aliphatic heterocycles. The Morgan fingerprint density at radius 3 is 1.71 bits per heavy atom. The fourth-order valence-electron chi connectivity index (χ4n) is 4.38. The molecular weight excluding hydrogens is 583 g/mol. The van der Waals surface area contributed by atoms with Crippen LogP contribution in [-0.2, 0) is 28.8 Å². The number of rotatable bonds is 17. The molecule has 0 aromatic carbocycles. The van der Waals surface area contributed by atoms with Gasteiger partial charge in [-0.05, 0) is 6.42 Å². The molecule has 0 bridgehead atoms. The summed E-state index contributed by atoms with van der Waals surface area (Å²) in [7, 11) is -4.48. The summed E-state index contributed by atoms with van der Waals surface area (Å²) in [5.74, 6) is -2.22. The third kappa shape index (κ3) is 13.9. The zero-order valence-electron chi connectivity index (χ0n) is 23.9. The quantitative estimate of drug-likeness (QED) is 0.0324. The largest absolute Gasteiger partial charge is 1.00 e. The summed E-state index contributed by atoms with van der Waals surface area (Å²) in [4.78, 5) is 0. The van der Waals surface area contributed by atoms with Crippen LogP contribution in [0.1, 0.15) is 71.1 Å². The third-order valence-corrected chi connectivity index (χ3v) is 7.25. The van der Waals surface area contributed by atoms with Gasteiger partial charge in [-0.3, -0.25) is 4.18 Å². The second kappa shape index (κ2) is 21.2. The molecule has 2 saturated heterocycles. The van der Waals surface area contributed by atoms with Crippen LogP contribution < -0.4 is 29.6 Å². The molecular formula is C24H47NaO15S. The summed E-state index contributed by atoms with van der Waals surface area (Å²) in [5, 5.41) is 76.7. The first-order valence-electron chi connectivity index (χ1n) is 13.7. The number of aliphatic hydroxyl groups is 8. The minimum absolute atomic E-state index is 0. The van der Waals surface area contributed by atoms with Gasteiger partial charge in [0, 0.05) is 0 Å². The Balaban J connectivity index is 0.000000800. The van der Waals surface area contributed by atoms with Crippen molar-refractivity contribution >= 4 is 10.4 Å². The first-order valence-corrected chi connectivity index (χ1v) is 15.0. The molecule has 240 valence electrons. The smallest absolute Gasteiger partial charge is 0.726 e. The Morgan fingerprint density at radius 2 is 1.27 bits per heavy atom. The van der Waals surface area contributed by atoms with Crippen LogP contribution in [0.25, 0.3) is 0 Å². The van der Waals surface area contributed by atoms with Gasteiger partial charge in [0.15, 0.2) is 6.29 Å². The first kappa shape index (κ1) is 41.4. The molecule has 0 unspecified atom stereocenters. The van der Waals surface area contributed by atoms with E-state index in [1.807, 2.05) is 0 Å². The van der Waals surface area contributed by atoms with Crippen LogP contribution >= 0.6 is 0 Å². The maximum absolute atomic E-state index is 10.1. The molecule has 2 heterocycles. The molecule has 0 aromatic rings. The monoisotopic (exact) mass is 630 g/mol. The summed E-state index contributed by atoms with van der Waals surface area (Å²) >= 11 is 0. The average Bonchev–Trinajstić information content (AvgIpc) is 3.16. The topological polar surface area (TPSA) is 256 Å². The van der Waals surface area contributed by atoms with E-state index in [1.165, 1.54) is 44.9 Å². The molecule has 41 heavy (non-hydrogen) atoms. The van der Waals surface area contributed by atoms with Gasteiger partial charge in [-0.1, -0.05) is 64.7 Å².